The molecule has 1 aromatic carbocycles. The van der Waals surface area contributed by atoms with Gasteiger partial charge in [0.25, 0.3) is 5.91 Å². The molecule has 4 amide bonds. The van der Waals surface area contributed by atoms with E-state index in [0.29, 0.717) is 38.1 Å². The molecule has 3 fully saturated rings. The molecule has 0 unspecified atom stereocenters. The van der Waals surface area contributed by atoms with Crippen LogP contribution in [0.1, 0.15) is 45.4 Å². The molecule has 7 nitrogen and oxygen atoms in total. The average Bonchev–Trinajstić information content (AvgIpc) is 2.97. The summed E-state index contributed by atoms with van der Waals surface area (Å²) in [5.41, 5.74) is -0.842. The summed E-state index contributed by atoms with van der Waals surface area (Å²) in [5.74, 6) is -0.121. The van der Waals surface area contributed by atoms with Gasteiger partial charge in [-0.15, -0.1) is 0 Å². The molecule has 3 aliphatic rings. The maximum Gasteiger partial charge on any atom is 0.325 e. The zero-order valence-electron chi connectivity index (χ0n) is 17.2. The van der Waals surface area contributed by atoms with Gasteiger partial charge < -0.3 is 15.0 Å². The van der Waals surface area contributed by atoms with E-state index in [4.69, 9.17) is 4.74 Å². The van der Waals surface area contributed by atoms with Crippen LogP contribution in [0.15, 0.2) is 24.3 Å². The van der Waals surface area contributed by atoms with E-state index in [1.165, 1.54) is 12.1 Å². The van der Waals surface area contributed by atoms with E-state index in [1.807, 2.05) is 6.92 Å². The number of benzene rings is 1. The number of nitrogens with one attached hydrogen (secondary N) is 1. The first kappa shape index (κ1) is 20.6. The molecule has 1 saturated carbocycles. The lowest BCUT2D eigenvalue weighted by Crippen LogP contribution is -2.54. The van der Waals surface area contributed by atoms with Crippen LogP contribution in [0.5, 0.6) is 5.75 Å². The Morgan fingerprint density at radius 1 is 1.17 bits per heavy atom. The average molecular weight is 417 g/mol. The number of carbonyl (C=O) groups is 3. The number of hydrogen-bond donors (Lipinski definition) is 1. The molecular formula is C22H28FN3O4. The Labute approximate surface area is 175 Å². The maximum absolute atomic E-state index is 13.0. The van der Waals surface area contributed by atoms with Crippen LogP contribution in [-0.4, -0.2) is 58.9 Å². The summed E-state index contributed by atoms with van der Waals surface area (Å²) in [4.78, 5) is 41.0. The highest BCUT2D eigenvalue weighted by Crippen LogP contribution is 2.38. The number of halogens is 1. The summed E-state index contributed by atoms with van der Waals surface area (Å²) in [6, 6.07) is 5.42. The van der Waals surface area contributed by atoms with Gasteiger partial charge in [0.05, 0.1) is 0 Å². The zero-order valence-corrected chi connectivity index (χ0v) is 17.2. The van der Waals surface area contributed by atoms with Gasteiger partial charge in [-0.1, -0.05) is 19.8 Å². The molecule has 1 N–H and O–H groups in total. The Hall–Kier alpha value is -2.64. The van der Waals surface area contributed by atoms with Gasteiger partial charge in [-0.25, -0.2) is 9.18 Å². The zero-order chi connectivity index (χ0) is 21.3. The topological polar surface area (TPSA) is 79.0 Å². The first-order chi connectivity index (χ1) is 14.4. The third-order valence-electron chi connectivity index (χ3n) is 6.71. The van der Waals surface area contributed by atoms with Crippen LogP contribution in [0.3, 0.4) is 0 Å². The third-order valence-corrected chi connectivity index (χ3v) is 6.71. The van der Waals surface area contributed by atoms with E-state index in [0.717, 1.165) is 24.2 Å². The van der Waals surface area contributed by atoms with Crippen molar-refractivity contribution in [2.75, 3.05) is 19.6 Å². The molecule has 2 atom stereocenters. The number of piperidine rings is 1. The molecule has 4 rings (SSSR count). The molecule has 1 aliphatic carbocycles. The molecule has 2 heterocycles. The van der Waals surface area contributed by atoms with E-state index in [1.54, 1.807) is 17.0 Å². The van der Waals surface area contributed by atoms with E-state index in [2.05, 4.69) is 5.32 Å². The number of urea groups is 1. The van der Waals surface area contributed by atoms with Crippen molar-refractivity contribution in [3.05, 3.63) is 30.1 Å². The highest BCUT2D eigenvalue weighted by Gasteiger charge is 2.55. The monoisotopic (exact) mass is 417 g/mol. The highest BCUT2D eigenvalue weighted by molar-refractivity contribution is 6.09. The SMILES string of the molecule is C[C@H]1CCCC[C@@]12NC(=O)N(CC(=O)N1CCC(Oc3ccc(F)cc3)CC1)C2=O. The molecule has 1 spiro atoms. The largest absolute Gasteiger partial charge is 0.490 e. The summed E-state index contributed by atoms with van der Waals surface area (Å²) < 4.78 is 18.9. The van der Waals surface area contributed by atoms with Crippen molar-refractivity contribution in [1.82, 2.24) is 15.1 Å². The Morgan fingerprint density at radius 2 is 1.87 bits per heavy atom. The first-order valence-corrected chi connectivity index (χ1v) is 10.7. The highest BCUT2D eigenvalue weighted by atomic mass is 19.1. The first-order valence-electron chi connectivity index (χ1n) is 10.7. The maximum atomic E-state index is 13.0. The van der Waals surface area contributed by atoms with Gasteiger partial charge in [-0.05, 0) is 43.0 Å². The molecule has 0 aromatic heterocycles. The molecule has 2 saturated heterocycles. The van der Waals surface area contributed by atoms with E-state index >= 15 is 0 Å². The molecule has 0 bridgehead atoms. The number of rotatable bonds is 4. The fraction of sp³-hybridized carbons (Fsp3) is 0.591. The normalized spacial score (nSPS) is 27.5. The second kappa shape index (κ2) is 8.24. The van der Waals surface area contributed by atoms with Gasteiger partial charge >= 0.3 is 6.03 Å². The Bertz CT molecular complexity index is 822. The van der Waals surface area contributed by atoms with Gasteiger partial charge in [-0.3, -0.25) is 14.5 Å². The second-order valence-electron chi connectivity index (χ2n) is 8.59. The number of ether oxygens (including phenoxy) is 1. The van der Waals surface area contributed by atoms with Crippen molar-refractivity contribution in [3.8, 4) is 5.75 Å². The quantitative estimate of drug-likeness (QED) is 0.764. The van der Waals surface area contributed by atoms with Crippen LogP contribution in [0.4, 0.5) is 9.18 Å². The minimum absolute atomic E-state index is 0.0532. The van der Waals surface area contributed by atoms with Crippen LogP contribution in [0.25, 0.3) is 0 Å². The van der Waals surface area contributed by atoms with Crippen LogP contribution < -0.4 is 10.1 Å². The van der Waals surface area contributed by atoms with Crippen molar-refractivity contribution >= 4 is 17.8 Å². The number of amides is 4. The minimum atomic E-state index is -0.842. The summed E-state index contributed by atoms with van der Waals surface area (Å²) >= 11 is 0. The van der Waals surface area contributed by atoms with Crippen molar-refractivity contribution in [2.45, 2.75) is 57.1 Å². The van der Waals surface area contributed by atoms with Crippen LogP contribution >= 0.6 is 0 Å². The number of imide groups is 1. The number of carbonyl (C=O) groups excluding carboxylic acids is 3. The summed E-state index contributed by atoms with van der Waals surface area (Å²) in [7, 11) is 0. The molecule has 1 aromatic rings. The number of hydrogen-bond acceptors (Lipinski definition) is 4. The molecule has 0 radical (unpaired) electrons. The fourth-order valence-electron chi connectivity index (χ4n) is 4.80. The Kier molecular flexibility index (Phi) is 5.66. The standard InChI is InChI=1S/C22H28FN3O4/c1-15-4-2-3-11-22(15)20(28)26(21(29)24-22)14-19(27)25-12-9-18(10-13-25)30-17-7-5-16(23)6-8-17/h5-8,15,18H,2-4,9-14H2,1H3,(H,24,29)/t15-,22+/m0/s1. The minimum Gasteiger partial charge on any atom is -0.490 e. The Morgan fingerprint density at radius 3 is 2.53 bits per heavy atom. The van der Waals surface area contributed by atoms with Crippen molar-refractivity contribution < 1.29 is 23.5 Å². The van der Waals surface area contributed by atoms with Crippen LogP contribution in [0.2, 0.25) is 0 Å². The molecule has 2 aliphatic heterocycles. The number of nitrogens with zero attached hydrogens (tertiary/aromatic N) is 2. The predicted octanol–water partition coefficient (Wildman–Crippen LogP) is 2.70. The lowest BCUT2D eigenvalue weighted by Gasteiger charge is -2.37. The molecule has 30 heavy (non-hydrogen) atoms. The van der Waals surface area contributed by atoms with Gasteiger partial charge in [0.15, 0.2) is 0 Å². The summed E-state index contributed by atoms with van der Waals surface area (Å²) in [5, 5.41) is 2.89. The molecular weight excluding hydrogens is 389 g/mol. The van der Waals surface area contributed by atoms with E-state index in [-0.39, 0.29) is 36.2 Å². The summed E-state index contributed by atoms with van der Waals surface area (Å²) in [6.45, 7) is 2.77. The van der Waals surface area contributed by atoms with E-state index < -0.39 is 11.6 Å². The molecule has 162 valence electrons. The summed E-state index contributed by atoms with van der Waals surface area (Å²) in [6.07, 6.45) is 4.72. The van der Waals surface area contributed by atoms with E-state index in [9.17, 15) is 18.8 Å². The van der Waals surface area contributed by atoms with Gasteiger partial charge in [0.1, 0.15) is 29.8 Å². The van der Waals surface area contributed by atoms with Gasteiger partial charge in [-0.2, -0.15) is 0 Å². The fourth-order valence-corrected chi connectivity index (χ4v) is 4.80. The number of likely N-dealkylation sites (tertiary alicyclic amines) is 1. The third kappa shape index (κ3) is 3.87. The van der Waals surface area contributed by atoms with Crippen molar-refractivity contribution in [2.24, 2.45) is 5.92 Å². The Balaban J connectivity index is 1.31. The lowest BCUT2D eigenvalue weighted by atomic mass is 9.73. The van der Waals surface area contributed by atoms with Gasteiger partial charge in [0, 0.05) is 25.9 Å². The molecule has 8 heteroatoms. The van der Waals surface area contributed by atoms with Crippen molar-refractivity contribution in [3.63, 3.8) is 0 Å². The van der Waals surface area contributed by atoms with Crippen molar-refractivity contribution in [1.29, 1.82) is 0 Å². The predicted molar refractivity (Wildman–Crippen MR) is 107 cm³/mol. The smallest absolute Gasteiger partial charge is 0.325 e. The lowest BCUT2D eigenvalue weighted by molar-refractivity contribution is -0.141. The van der Waals surface area contributed by atoms with Crippen LogP contribution in [0, 0.1) is 11.7 Å². The van der Waals surface area contributed by atoms with Crippen LogP contribution in [-0.2, 0) is 9.59 Å². The second-order valence-corrected chi connectivity index (χ2v) is 8.59. The van der Waals surface area contributed by atoms with Gasteiger partial charge in [0.2, 0.25) is 5.91 Å².